The number of rotatable bonds is 3. The smallest absolute Gasteiger partial charge is 0.185 e. The van der Waals surface area contributed by atoms with E-state index >= 15 is 0 Å². The summed E-state index contributed by atoms with van der Waals surface area (Å²) in [5.74, 6) is 1.39. The lowest BCUT2D eigenvalue weighted by Gasteiger charge is -2.12. The number of hydrogen-bond donors (Lipinski definition) is 0. The van der Waals surface area contributed by atoms with Gasteiger partial charge in [0.25, 0.3) is 0 Å². The highest BCUT2D eigenvalue weighted by Crippen LogP contribution is 2.30. The summed E-state index contributed by atoms with van der Waals surface area (Å²) in [6.07, 6.45) is 1.99. The van der Waals surface area contributed by atoms with Crippen molar-refractivity contribution in [3.63, 3.8) is 0 Å². The largest absolute Gasteiger partial charge is 0.496 e. The van der Waals surface area contributed by atoms with Crippen LogP contribution in [0.2, 0.25) is 0 Å². The fourth-order valence-electron chi connectivity index (χ4n) is 1.99. The standard InChI is InChI=1S/C15H16N4O/c1-10-11(2)14(20-4)7-5-12(10)13-6-8-15(18-17-13)19(3)9-16/h5-8H,1-4H3. The number of aromatic nitrogens is 2. The van der Waals surface area contributed by atoms with Gasteiger partial charge in [0.05, 0.1) is 12.8 Å². The van der Waals surface area contributed by atoms with E-state index in [1.54, 1.807) is 20.2 Å². The molecule has 0 saturated heterocycles. The van der Waals surface area contributed by atoms with Crippen molar-refractivity contribution in [2.45, 2.75) is 13.8 Å². The van der Waals surface area contributed by atoms with E-state index in [0.29, 0.717) is 5.82 Å². The summed E-state index contributed by atoms with van der Waals surface area (Å²) in [5.41, 5.74) is 4.00. The molecule has 0 fully saturated rings. The van der Waals surface area contributed by atoms with Crippen molar-refractivity contribution in [1.82, 2.24) is 10.2 Å². The molecule has 0 aliphatic carbocycles. The molecule has 1 heterocycles. The van der Waals surface area contributed by atoms with Gasteiger partial charge in [-0.1, -0.05) is 0 Å². The second-order valence-electron chi connectivity index (χ2n) is 4.50. The van der Waals surface area contributed by atoms with Crippen molar-refractivity contribution in [3.8, 4) is 23.2 Å². The third-order valence-corrected chi connectivity index (χ3v) is 3.38. The van der Waals surface area contributed by atoms with Crippen LogP contribution >= 0.6 is 0 Å². The number of ether oxygens (including phenoxy) is 1. The highest BCUT2D eigenvalue weighted by molar-refractivity contribution is 5.67. The first-order valence-electron chi connectivity index (χ1n) is 6.20. The van der Waals surface area contributed by atoms with Crippen LogP contribution in [0, 0.1) is 25.3 Å². The molecule has 1 aromatic carbocycles. The van der Waals surface area contributed by atoms with Crippen LogP contribution < -0.4 is 9.64 Å². The molecule has 5 heteroatoms. The molecule has 2 rings (SSSR count). The van der Waals surface area contributed by atoms with Gasteiger partial charge in [-0.2, -0.15) is 5.26 Å². The van der Waals surface area contributed by atoms with Crippen LogP contribution in [-0.4, -0.2) is 24.4 Å². The number of nitrogens with zero attached hydrogens (tertiary/aromatic N) is 4. The van der Waals surface area contributed by atoms with Gasteiger partial charge in [0, 0.05) is 12.6 Å². The van der Waals surface area contributed by atoms with Gasteiger partial charge in [-0.3, -0.25) is 4.90 Å². The van der Waals surface area contributed by atoms with E-state index in [1.165, 1.54) is 4.90 Å². The lowest BCUT2D eigenvalue weighted by Crippen LogP contribution is -2.10. The SMILES string of the molecule is COc1ccc(-c2ccc(N(C)C#N)nn2)c(C)c1C. The van der Waals surface area contributed by atoms with E-state index in [9.17, 15) is 0 Å². The first-order valence-corrected chi connectivity index (χ1v) is 6.20. The summed E-state index contributed by atoms with van der Waals surface area (Å²) in [4.78, 5) is 1.36. The lowest BCUT2D eigenvalue weighted by molar-refractivity contribution is 0.411. The molecule has 0 aliphatic rings. The number of benzene rings is 1. The number of methoxy groups -OCH3 is 1. The van der Waals surface area contributed by atoms with E-state index in [0.717, 1.165) is 28.1 Å². The van der Waals surface area contributed by atoms with Crippen LogP contribution in [-0.2, 0) is 0 Å². The predicted molar refractivity (Wildman–Crippen MR) is 77.5 cm³/mol. The average Bonchev–Trinajstić information content (AvgIpc) is 2.49. The summed E-state index contributed by atoms with van der Waals surface area (Å²) in [6, 6.07) is 7.54. The molecular formula is C15H16N4O. The van der Waals surface area contributed by atoms with Crippen LogP contribution in [0.4, 0.5) is 5.82 Å². The van der Waals surface area contributed by atoms with Crippen LogP contribution in [0.15, 0.2) is 24.3 Å². The van der Waals surface area contributed by atoms with Crippen molar-refractivity contribution < 1.29 is 4.74 Å². The molecule has 0 aliphatic heterocycles. The van der Waals surface area contributed by atoms with Crippen molar-refractivity contribution in [2.75, 3.05) is 19.1 Å². The van der Waals surface area contributed by atoms with Crippen molar-refractivity contribution in [2.24, 2.45) is 0 Å². The Bertz CT molecular complexity index is 659. The summed E-state index contributed by atoms with van der Waals surface area (Å²) in [6.45, 7) is 4.05. The van der Waals surface area contributed by atoms with Crippen molar-refractivity contribution in [3.05, 3.63) is 35.4 Å². The van der Waals surface area contributed by atoms with Gasteiger partial charge < -0.3 is 4.74 Å². The molecule has 2 aromatic rings. The first-order chi connectivity index (χ1) is 9.58. The maximum atomic E-state index is 8.81. The summed E-state index contributed by atoms with van der Waals surface area (Å²) < 4.78 is 5.30. The summed E-state index contributed by atoms with van der Waals surface area (Å²) in [5, 5.41) is 17.1. The Morgan fingerprint density at radius 1 is 1.10 bits per heavy atom. The Balaban J connectivity index is 2.43. The topological polar surface area (TPSA) is 62.0 Å². The Labute approximate surface area is 118 Å². The molecule has 20 heavy (non-hydrogen) atoms. The zero-order chi connectivity index (χ0) is 14.7. The Kier molecular flexibility index (Phi) is 3.85. The molecular weight excluding hydrogens is 252 g/mol. The van der Waals surface area contributed by atoms with Gasteiger partial charge >= 0.3 is 0 Å². The van der Waals surface area contributed by atoms with Gasteiger partial charge in [-0.25, -0.2) is 0 Å². The van der Waals surface area contributed by atoms with E-state index in [4.69, 9.17) is 10.00 Å². The molecule has 1 aromatic heterocycles. The monoisotopic (exact) mass is 268 g/mol. The molecule has 0 bridgehead atoms. The maximum Gasteiger partial charge on any atom is 0.185 e. The highest BCUT2D eigenvalue weighted by atomic mass is 16.5. The highest BCUT2D eigenvalue weighted by Gasteiger charge is 2.10. The Morgan fingerprint density at radius 2 is 1.85 bits per heavy atom. The molecule has 0 amide bonds. The van der Waals surface area contributed by atoms with Gasteiger partial charge in [0.1, 0.15) is 5.75 Å². The molecule has 0 spiro atoms. The van der Waals surface area contributed by atoms with Crippen LogP contribution in [0.5, 0.6) is 5.75 Å². The van der Waals surface area contributed by atoms with Crippen LogP contribution in [0.3, 0.4) is 0 Å². The van der Waals surface area contributed by atoms with E-state index < -0.39 is 0 Å². The molecule has 0 radical (unpaired) electrons. The third kappa shape index (κ3) is 2.41. The van der Waals surface area contributed by atoms with Crippen LogP contribution in [0.1, 0.15) is 11.1 Å². The van der Waals surface area contributed by atoms with Gasteiger partial charge in [-0.05, 0) is 49.2 Å². The summed E-state index contributed by atoms with van der Waals surface area (Å²) in [7, 11) is 3.31. The van der Waals surface area contributed by atoms with E-state index in [-0.39, 0.29) is 0 Å². The Hall–Kier alpha value is -2.61. The van der Waals surface area contributed by atoms with Crippen molar-refractivity contribution >= 4 is 5.82 Å². The normalized spacial score (nSPS) is 9.95. The summed E-state index contributed by atoms with van der Waals surface area (Å²) >= 11 is 0. The quantitative estimate of drug-likeness (QED) is 0.632. The van der Waals surface area contributed by atoms with E-state index in [1.807, 2.05) is 38.2 Å². The lowest BCUT2D eigenvalue weighted by atomic mass is 10.00. The zero-order valence-corrected chi connectivity index (χ0v) is 12.0. The fourth-order valence-corrected chi connectivity index (χ4v) is 1.99. The van der Waals surface area contributed by atoms with Crippen LogP contribution in [0.25, 0.3) is 11.3 Å². The average molecular weight is 268 g/mol. The number of hydrogen-bond acceptors (Lipinski definition) is 5. The second kappa shape index (κ2) is 5.57. The molecule has 0 N–H and O–H groups in total. The second-order valence-corrected chi connectivity index (χ2v) is 4.50. The van der Waals surface area contributed by atoms with Gasteiger partial charge in [0.2, 0.25) is 0 Å². The maximum absolute atomic E-state index is 8.81. The molecule has 0 saturated carbocycles. The minimum atomic E-state index is 0.527. The third-order valence-electron chi connectivity index (χ3n) is 3.38. The van der Waals surface area contributed by atoms with Crippen molar-refractivity contribution in [1.29, 1.82) is 5.26 Å². The zero-order valence-electron chi connectivity index (χ0n) is 12.0. The van der Waals surface area contributed by atoms with E-state index in [2.05, 4.69) is 10.2 Å². The first kappa shape index (κ1) is 13.8. The fraction of sp³-hybridized carbons (Fsp3) is 0.267. The number of anilines is 1. The molecule has 0 atom stereocenters. The van der Waals surface area contributed by atoms with Gasteiger partial charge in [0.15, 0.2) is 12.0 Å². The molecule has 5 nitrogen and oxygen atoms in total. The predicted octanol–water partition coefficient (Wildman–Crippen LogP) is 2.69. The number of nitriles is 1. The Morgan fingerprint density at radius 3 is 2.40 bits per heavy atom. The minimum absolute atomic E-state index is 0.527. The molecule has 0 unspecified atom stereocenters. The minimum Gasteiger partial charge on any atom is -0.496 e. The molecule has 102 valence electrons. The van der Waals surface area contributed by atoms with Gasteiger partial charge in [-0.15, -0.1) is 10.2 Å².